The minimum atomic E-state index is -0.336. The van der Waals surface area contributed by atoms with Gasteiger partial charge in [-0.25, -0.2) is 18.7 Å². The monoisotopic (exact) mass is 376 g/mol. The molecule has 1 amide bonds. The number of carbonyl (C=O) groups excluding carboxylic acids is 1. The van der Waals surface area contributed by atoms with Gasteiger partial charge in [-0.05, 0) is 42.0 Å². The molecule has 140 valence electrons. The minimum absolute atomic E-state index is 0.137. The van der Waals surface area contributed by atoms with Crippen LogP contribution in [0.3, 0.4) is 0 Å². The number of carbonyl (C=O) groups is 1. The van der Waals surface area contributed by atoms with E-state index in [1.54, 1.807) is 30.5 Å². The van der Waals surface area contributed by atoms with Gasteiger partial charge < -0.3 is 5.32 Å². The number of halogens is 1. The van der Waals surface area contributed by atoms with E-state index in [-0.39, 0.29) is 30.5 Å². The number of para-hydroxylation sites is 1. The SMILES string of the molecule is O=C(Cn1c(=O)n(-c2ccccc2)c2ncccc21)NCc1ccc(F)cc1. The van der Waals surface area contributed by atoms with Crippen LogP contribution < -0.4 is 11.0 Å². The van der Waals surface area contributed by atoms with E-state index in [0.29, 0.717) is 16.9 Å². The molecule has 0 bridgehead atoms. The molecule has 6 nitrogen and oxygen atoms in total. The summed E-state index contributed by atoms with van der Waals surface area (Å²) in [5, 5.41) is 2.76. The number of hydrogen-bond acceptors (Lipinski definition) is 3. The van der Waals surface area contributed by atoms with Crippen molar-refractivity contribution in [2.24, 2.45) is 0 Å². The topological polar surface area (TPSA) is 68.9 Å². The van der Waals surface area contributed by atoms with Crippen LogP contribution in [-0.4, -0.2) is 20.0 Å². The van der Waals surface area contributed by atoms with Gasteiger partial charge >= 0.3 is 5.69 Å². The summed E-state index contributed by atoms with van der Waals surface area (Å²) in [6.07, 6.45) is 1.61. The molecular formula is C21H17FN4O2. The number of nitrogens with one attached hydrogen (secondary N) is 1. The number of hydrogen-bond donors (Lipinski definition) is 1. The lowest BCUT2D eigenvalue weighted by atomic mass is 10.2. The zero-order valence-electron chi connectivity index (χ0n) is 14.9. The zero-order chi connectivity index (χ0) is 19.5. The van der Waals surface area contributed by atoms with E-state index in [2.05, 4.69) is 10.3 Å². The summed E-state index contributed by atoms with van der Waals surface area (Å²) < 4.78 is 15.9. The fourth-order valence-corrected chi connectivity index (χ4v) is 3.05. The second kappa shape index (κ2) is 7.48. The third kappa shape index (κ3) is 3.42. The lowest BCUT2D eigenvalue weighted by Gasteiger charge is -2.06. The van der Waals surface area contributed by atoms with Crippen LogP contribution in [0.1, 0.15) is 5.56 Å². The summed E-state index contributed by atoms with van der Waals surface area (Å²) in [6, 6.07) is 18.5. The number of amides is 1. The molecule has 2 heterocycles. The van der Waals surface area contributed by atoms with Gasteiger partial charge in [0.2, 0.25) is 5.91 Å². The molecule has 7 heteroatoms. The molecule has 1 N–H and O–H groups in total. The third-order valence-corrected chi connectivity index (χ3v) is 4.41. The molecular weight excluding hydrogens is 359 g/mol. The number of fused-ring (bicyclic) bond motifs is 1. The highest BCUT2D eigenvalue weighted by atomic mass is 19.1. The molecule has 0 aliphatic rings. The first-order chi connectivity index (χ1) is 13.6. The van der Waals surface area contributed by atoms with Crippen molar-refractivity contribution in [2.75, 3.05) is 0 Å². The van der Waals surface area contributed by atoms with E-state index in [1.807, 2.05) is 30.3 Å². The minimum Gasteiger partial charge on any atom is -0.350 e. The van der Waals surface area contributed by atoms with Crippen LogP contribution in [-0.2, 0) is 17.9 Å². The number of rotatable bonds is 5. The van der Waals surface area contributed by atoms with E-state index in [4.69, 9.17) is 0 Å². The lowest BCUT2D eigenvalue weighted by Crippen LogP contribution is -2.32. The Hall–Kier alpha value is -3.74. The highest BCUT2D eigenvalue weighted by Gasteiger charge is 2.17. The summed E-state index contributed by atoms with van der Waals surface area (Å²) in [7, 11) is 0. The fourth-order valence-electron chi connectivity index (χ4n) is 3.05. The predicted octanol–water partition coefficient (Wildman–Crippen LogP) is 2.64. The molecule has 0 radical (unpaired) electrons. The highest BCUT2D eigenvalue weighted by molar-refractivity contribution is 5.80. The third-order valence-electron chi connectivity index (χ3n) is 4.41. The molecule has 0 fully saturated rings. The van der Waals surface area contributed by atoms with Crippen LogP contribution >= 0.6 is 0 Å². The molecule has 28 heavy (non-hydrogen) atoms. The predicted molar refractivity (Wildman–Crippen MR) is 104 cm³/mol. The zero-order valence-corrected chi connectivity index (χ0v) is 14.9. The Balaban J connectivity index is 1.62. The molecule has 2 aromatic heterocycles. The fraction of sp³-hybridized carbons (Fsp3) is 0.0952. The van der Waals surface area contributed by atoms with Crippen molar-refractivity contribution in [3.63, 3.8) is 0 Å². The first kappa shape index (κ1) is 17.7. The standard InChI is InChI=1S/C21H17FN4O2/c22-16-10-8-15(9-11-16)13-24-19(27)14-25-18-7-4-12-23-20(18)26(21(25)28)17-5-2-1-3-6-17/h1-12H,13-14H2,(H,24,27). The average Bonchev–Trinajstić information content (AvgIpc) is 3.00. The molecule has 0 saturated carbocycles. The Labute approximate surface area is 159 Å². The maximum absolute atomic E-state index is 13.0. The quantitative estimate of drug-likeness (QED) is 0.582. The second-order valence-corrected chi connectivity index (χ2v) is 6.29. The molecule has 0 atom stereocenters. The Bertz CT molecular complexity index is 1180. The molecule has 0 aliphatic heterocycles. The molecule has 0 unspecified atom stereocenters. The number of nitrogens with zero attached hydrogens (tertiary/aromatic N) is 3. The average molecular weight is 376 g/mol. The van der Waals surface area contributed by atoms with Crippen LogP contribution in [0.2, 0.25) is 0 Å². The van der Waals surface area contributed by atoms with Gasteiger partial charge in [-0.1, -0.05) is 30.3 Å². The van der Waals surface area contributed by atoms with Crippen molar-refractivity contribution in [2.45, 2.75) is 13.1 Å². The van der Waals surface area contributed by atoms with E-state index in [1.165, 1.54) is 21.3 Å². The van der Waals surface area contributed by atoms with E-state index >= 15 is 0 Å². The normalized spacial score (nSPS) is 10.9. The van der Waals surface area contributed by atoms with Crippen molar-refractivity contribution < 1.29 is 9.18 Å². The number of aromatic nitrogens is 3. The Morgan fingerprint density at radius 1 is 1.00 bits per heavy atom. The van der Waals surface area contributed by atoms with Crippen LogP contribution in [0, 0.1) is 5.82 Å². The van der Waals surface area contributed by atoms with Crippen LogP contribution in [0.4, 0.5) is 4.39 Å². The van der Waals surface area contributed by atoms with Gasteiger partial charge in [0.25, 0.3) is 0 Å². The lowest BCUT2D eigenvalue weighted by molar-refractivity contribution is -0.121. The van der Waals surface area contributed by atoms with Crippen LogP contribution in [0.25, 0.3) is 16.9 Å². The van der Waals surface area contributed by atoms with Gasteiger partial charge in [0.15, 0.2) is 5.65 Å². The molecule has 4 aromatic rings. The van der Waals surface area contributed by atoms with Gasteiger partial charge in [0, 0.05) is 12.7 Å². The van der Waals surface area contributed by atoms with Gasteiger partial charge in [-0.15, -0.1) is 0 Å². The maximum Gasteiger partial charge on any atom is 0.335 e. The summed E-state index contributed by atoms with van der Waals surface area (Å²) in [5.41, 5.74) is 2.19. The summed E-state index contributed by atoms with van der Waals surface area (Å²) in [5.74, 6) is -0.648. The Kier molecular flexibility index (Phi) is 4.72. The molecule has 4 rings (SSSR count). The van der Waals surface area contributed by atoms with Crippen LogP contribution in [0.15, 0.2) is 77.7 Å². The van der Waals surface area contributed by atoms with Crippen molar-refractivity contribution in [3.8, 4) is 5.69 Å². The summed E-state index contributed by atoms with van der Waals surface area (Å²) in [4.78, 5) is 29.7. The van der Waals surface area contributed by atoms with Gasteiger partial charge in [0.05, 0.1) is 11.2 Å². The molecule has 0 saturated heterocycles. The van der Waals surface area contributed by atoms with Gasteiger partial charge in [-0.2, -0.15) is 0 Å². The van der Waals surface area contributed by atoms with Crippen LogP contribution in [0.5, 0.6) is 0 Å². The van der Waals surface area contributed by atoms with E-state index < -0.39 is 0 Å². The number of benzene rings is 2. The highest BCUT2D eigenvalue weighted by Crippen LogP contribution is 2.15. The number of pyridine rings is 1. The van der Waals surface area contributed by atoms with Crippen molar-refractivity contribution in [3.05, 3.63) is 94.8 Å². The molecule has 2 aromatic carbocycles. The summed E-state index contributed by atoms with van der Waals surface area (Å²) >= 11 is 0. The van der Waals surface area contributed by atoms with Gasteiger partial charge in [0.1, 0.15) is 12.4 Å². The van der Waals surface area contributed by atoms with Gasteiger partial charge in [-0.3, -0.25) is 9.36 Å². The van der Waals surface area contributed by atoms with E-state index in [0.717, 1.165) is 5.56 Å². The first-order valence-electron chi connectivity index (χ1n) is 8.76. The first-order valence-corrected chi connectivity index (χ1v) is 8.76. The number of imidazole rings is 1. The largest absolute Gasteiger partial charge is 0.350 e. The van der Waals surface area contributed by atoms with Crippen molar-refractivity contribution in [1.29, 1.82) is 0 Å². The molecule has 0 aliphatic carbocycles. The molecule has 0 spiro atoms. The smallest absolute Gasteiger partial charge is 0.335 e. The van der Waals surface area contributed by atoms with Crippen molar-refractivity contribution in [1.82, 2.24) is 19.4 Å². The summed E-state index contributed by atoms with van der Waals surface area (Å²) in [6.45, 7) is 0.117. The van der Waals surface area contributed by atoms with E-state index in [9.17, 15) is 14.0 Å². The Morgan fingerprint density at radius 2 is 1.75 bits per heavy atom. The Morgan fingerprint density at radius 3 is 2.50 bits per heavy atom. The maximum atomic E-state index is 13.0. The van der Waals surface area contributed by atoms with Crippen molar-refractivity contribution >= 4 is 17.1 Å². The second-order valence-electron chi connectivity index (χ2n) is 6.29.